The number of anilines is 3. The fraction of sp³-hybridized carbons (Fsp3) is 0. The first-order valence-electron chi connectivity index (χ1n) is 7.05. The van der Waals surface area contributed by atoms with Crippen LogP contribution in [-0.2, 0) is 0 Å². The van der Waals surface area contributed by atoms with Gasteiger partial charge in [0.15, 0.2) is 5.78 Å². The molecule has 3 N–H and O–H groups in total. The van der Waals surface area contributed by atoms with Gasteiger partial charge in [0, 0.05) is 28.2 Å². The van der Waals surface area contributed by atoms with Crippen LogP contribution in [0.5, 0.6) is 0 Å². The van der Waals surface area contributed by atoms with Crippen molar-refractivity contribution in [2.45, 2.75) is 0 Å². The molecule has 0 saturated heterocycles. The fourth-order valence-electron chi connectivity index (χ4n) is 2.19. The molecule has 3 nitrogen and oxygen atoms in total. The zero-order valence-corrected chi connectivity index (χ0v) is 12.0. The molecule has 0 spiro atoms. The average molecular weight is 288 g/mol. The summed E-state index contributed by atoms with van der Waals surface area (Å²) < 4.78 is 0. The van der Waals surface area contributed by atoms with Gasteiger partial charge in [0.25, 0.3) is 0 Å². The van der Waals surface area contributed by atoms with E-state index in [0.29, 0.717) is 11.1 Å². The molecule has 0 saturated carbocycles. The summed E-state index contributed by atoms with van der Waals surface area (Å²) >= 11 is 0. The zero-order valence-electron chi connectivity index (χ0n) is 12.0. The molecule has 0 unspecified atom stereocenters. The zero-order chi connectivity index (χ0) is 15.4. The number of nitrogens with one attached hydrogen (secondary N) is 1. The molecular weight excluding hydrogens is 272 g/mol. The van der Waals surface area contributed by atoms with Crippen LogP contribution < -0.4 is 11.1 Å². The Morgan fingerprint density at radius 3 is 1.77 bits per heavy atom. The predicted octanol–water partition coefficient (Wildman–Crippen LogP) is 4.24. The molecule has 0 atom stereocenters. The van der Waals surface area contributed by atoms with Gasteiger partial charge in [-0.25, -0.2) is 0 Å². The maximum atomic E-state index is 12.3. The van der Waals surface area contributed by atoms with Crippen LogP contribution in [-0.4, -0.2) is 5.78 Å². The van der Waals surface area contributed by atoms with E-state index < -0.39 is 0 Å². The van der Waals surface area contributed by atoms with Crippen molar-refractivity contribution >= 4 is 22.8 Å². The van der Waals surface area contributed by atoms with Gasteiger partial charge in [0.1, 0.15) is 0 Å². The van der Waals surface area contributed by atoms with E-state index in [9.17, 15) is 4.79 Å². The number of rotatable bonds is 4. The molecule has 0 aliphatic heterocycles. The average Bonchev–Trinajstić information content (AvgIpc) is 2.58. The normalized spacial score (nSPS) is 10.2. The molecule has 0 radical (unpaired) electrons. The van der Waals surface area contributed by atoms with Crippen molar-refractivity contribution in [2.75, 3.05) is 11.1 Å². The first-order chi connectivity index (χ1) is 10.7. The van der Waals surface area contributed by atoms with Crippen molar-refractivity contribution in [2.24, 2.45) is 0 Å². The molecule has 0 bridgehead atoms. The summed E-state index contributed by atoms with van der Waals surface area (Å²) in [7, 11) is 0. The minimum atomic E-state index is 0.0274. The number of nitrogen functional groups attached to an aromatic ring is 1. The number of nitrogens with two attached hydrogens (primary N) is 1. The summed E-state index contributed by atoms with van der Waals surface area (Å²) in [6.07, 6.45) is 0. The minimum absolute atomic E-state index is 0.0274. The molecule has 0 aliphatic rings. The van der Waals surface area contributed by atoms with Crippen LogP contribution >= 0.6 is 0 Å². The van der Waals surface area contributed by atoms with Gasteiger partial charge in [-0.2, -0.15) is 0 Å². The number of ketones is 1. The predicted molar refractivity (Wildman–Crippen MR) is 90.5 cm³/mol. The lowest BCUT2D eigenvalue weighted by Crippen LogP contribution is -2.01. The van der Waals surface area contributed by atoms with Crippen LogP contribution in [0.1, 0.15) is 15.9 Å². The molecule has 3 aromatic rings. The maximum Gasteiger partial charge on any atom is 0.193 e. The molecular formula is C19H16N2O. The molecule has 22 heavy (non-hydrogen) atoms. The molecule has 0 aromatic heterocycles. The van der Waals surface area contributed by atoms with Crippen LogP contribution in [0.4, 0.5) is 17.1 Å². The quantitative estimate of drug-likeness (QED) is 0.557. The lowest BCUT2D eigenvalue weighted by molar-refractivity contribution is 0.103. The Morgan fingerprint density at radius 1 is 0.682 bits per heavy atom. The van der Waals surface area contributed by atoms with Crippen LogP contribution in [0.25, 0.3) is 0 Å². The van der Waals surface area contributed by atoms with E-state index in [0.717, 1.165) is 17.1 Å². The summed E-state index contributed by atoms with van der Waals surface area (Å²) in [5.74, 6) is 0.0274. The SMILES string of the molecule is Nc1ccc(Nc2ccc(C(=O)c3ccccc3)cc2)cc1. The van der Waals surface area contributed by atoms with Gasteiger partial charge in [-0.15, -0.1) is 0 Å². The number of benzene rings is 3. The molecule has 3 aromatic carbocycles. The molecule has 0 aliphatic carbocycles. The largest absolute Gasteiger partial charge is 0.399 e. The highest BCUT2D eigenvalue weighted by molar-refractivity contribution is 6.09. The van der Waals surface area contributed by atoms with Crippen LogP contribution in [0, 0.1) is 0 Å². The van der Waals surface area contributed by atoms with E-state index in [1.54, 1.807) is 0 Å². The topological polar surface area (TPSA) is 55.1 Å². The second-order valence-electron chi connectivity index (χ2n) is 5.02. The third-order valence-corrected chi connectivity index (χ3v) is 3.38. The molecule has 0 fully saturated rings. The molecule has 0 heterocycles. The summed E-state index contributed by atoms with van der Waals surface area (Å²) in [5.41, 5.74) is 9.65. The van der Waals surface area contributed by atoms with E-state index >= 15 is 0 Å². The molecule has 3 heteroatoms. The van der Waals surface area contributed by atoms with Gasteiger partial charge >= 0.3 is 0 Å². The van der Waals surface area contributed by atoms with Gasteiger partial charge in [0.05, 0.1) is 0 Å². The highest BCUT2D eigenvalue weighted by Crippen LogP contribution is 2.19. The third-order valence-electron chi connectivity index (χ3n) is 3.38. The number of hydrogen-bond acceptors (Lipinski definition) is 3. The number of carbonyl (C=O) groups is 1. The Labute approximate surface area is 129 Å². The molecule has 0 amide bonds. The van der Waals surface area contributed by atoms with Crippen molar-refractivity contribution in [1.82, 2.24) is 0 Å². The van der Waals surface area contributed by atoms with Gasteiger partial charge in [-0.3, -0.25) is 4.79 Å². The standard InChI is InChI=1S/C19H16N2O/c20-16-8-12-18(13-9-16)21-17-10-6-15(7-11-17)19(22)14-4-2-1-3-5-14/h1-13,21H,20H2. The van der Waals surface area contributed by atoms with Crippen molar-refractivity contribution < 1.29 is 4.79 Å². The summed E-state index contributed by atoms with van der Waals surface area (Å²) in [6.45, 7) is 0. The Balaban J connectivity index is 1.75. The van der Waals surface area contributed by atoms with Gasteiger partial charge in [0.2, 0.25) is 0 Å². The summed E-state index contributed by atoms with van der Waals surface area (Å²) in [5, 5.41) is 3.27. The maximum absolute atomic E-state index is 12.3. The smallest absolute Gasteiger partial charge is 0.193 e. The van der Waals surface area contributed by atoms with E-state index in [4.69, 9.17) is 5.73 Å². The summed E-state index contributed by atoms with van der Waals surface area (Å²) in [4.78, 5) is 12.3. The Hall–Kier alpha value is -3.07. The van der Waals surface area contributed by atoms with Crippen LogP contribution in [0.2, 0.25) is 0 Å². The van der Waals surface area contributed by atoms with E-state index in [1.165, 1.54) is 0 Å². The van der Waals surface area contributed by atoms with E-state index in [2.05, 4.69) is 5.32 Å². The van der Waals surface area contributed by atoms with Gasteiger partial charge in [-0.1, -0.05) is 30.3 Å². The lowest BCUT2D eigenvalue weighted by atomic mass is 10.0. The minimum Gasteiger partial charge on any atom is -0.399 e. The van der Waals surface area contributed by atoms with E-state index in [1.807, 2.05) is 78.9 Å². The van der Waals surface area contributed by atoms with E-state index in [-0.39, 0.29) is 5.78 Å². The number of carbonyl (C=O) groups excluding carboxylic acids is 1. The Kier molecular flexibility index (Phi) is 3.88. The molecule has 108 valence electrons. The highest BCUT2D eigenvalue weighted by Gasteiger charge is 2.07. The first-order valence-corrected chi connectivity index (χ1v) is 7.05. The third kappa shape index (κ3) is 3.15. The van der Waals surface area contributed by atoms with Crippen molar-refractivity contribution in [3.8, 4) is 0 Å². The van der Waals surface area contributed by atoms with Crippen molar-refractivity contribution in [1.29, 1.82) is 0 Å². The van der Waals surface area contributed by atoms with Gasteiger partial charge in [-0.05, 0) is 48.5 Å². The van der Waals surface area contributed by atoms with Crippen LogP contribution in [0.15, 0.2) is 78.9 Å². The van der Waals surface area contributed by atoms with Crippen molar-refractivity contribution in [3.05, 3.63) is 90.0 Å². The monoisotopic (exact) mass is 288 g/mol. The van der Waals surface area contributed by atoms with Crippen molar-refractivity contribution in [3.63, 3.8) is 0 Å². The fourth-order valence-corrected chi connectivity index (χ4v) is 2.19. The second-order valence-corrected chi connectivity index (χ2v) is 5.02. The second kappa shape index (κ2) is 6.14. The number of hydrogen-bond donors (Lipinski definition) is 2. The lowest BCUT2D eigenvalue weighted by Gasteiger charge is -2.08. The first kappa shape index (κ1) is 13.9. The van der Waals surface area contributed by atoms with Crippen LogP contribution in [0.3, 0.4) is 0 Å². The summed E-state index contributed by atoms with van der Waals surface area (Å²) in [6, 6.07) is 24.2. The Morgan fingerprint density at radius 2 is 1.18 bits per heavy atom. The van der Waals surface area contributed by atoms with Gasteiger partial charge < -0.3 is 11.1 Å². The highest BCUT2D eigenvalue weighted by atomic mass is 16.1. The Bertz CT molecular complexity index is 763. The molecule has 3 rings (SSSR count).